The molecule has 0 radical (unpaired) electrons. The molecule has 0 aliphatic carbocycles. The predicted octanol–water partition coefficient (Wildman–Crippen LogP) is 4.70. The highest BCUT2D eigenvalue weighted by molar-refractivity contribution is 7.95. The van der Waals surface area contributed by atoms with Gasteiger partial charge in [-0.3, -0.25) is 0 Å². The Morgan fingerprint density at radius 2 is 1.00 bits per heavy atom. The molecule has 0 N–H and O–H groups in total. The molecule has 4 rings (SSSR count). The number of rotatable bonds is 9. The van der Waals surface area contributed by atoms with Crippen molar-refractivity contribution in [1.82, 2.24) is 0 Å². The average molecular weight is 441 g/mol. The van der Waals surface area contributed by atoms with Gasteiger partial charge >= 0.3 is 5.97 Å². The molecular formula is C28H26O3P+. The van der Waals surface area contributed by atoms with E-state index < -0.39 is 7.26 Å². The molecule has 0 amide bonds. The fourth-order valence-electron chi connectivity index (χ4n) is 3.76. The highest BCUT2D eigenvalue weighted by Crippen LogP contribution is 2.55. The lowest BCUT2D eigenvalue weighted by molar-refractivity contribution is -0.149. The summed E-state index contributed by atoms with van der Waals surface area (Å²) < 4.78 is 11.5. The average Bonchev–Trinajstić information content (AvgIpc) is 2.88. The largest absolute Gasteiger partial charge is 0.459 e. The topological polar surface area (TPSA) is 35.5 Å². The van der Waals surface area contributed by atoms with Gasteiger partial charge in [-0.15, -0.1) is 0 Å². The monoisotopic (exact) mass is 441 g/mol. The van der Waals surface area contributed by atoms with Gasteiger partial charge < -0.3 is 9.47 Å². The van der Waals surface area contributed by atoms with E-state index in [0.29, 0.717) is 6.35 Å². The number of benzene rings is 4. The number of carbonyl (C=O) groups is 1. The second-order valence-corrected chi connectivity index (χ2v) is 10.9. The SMILES string of the molecule is O=C(COC[P+](c1ccccc1)(c1ccccc1)c1ccccc1)OCc1ccccc1. The Labute approximate surface area is 190 Å². The van der Waals surface area contributed by atoms with Crippen LogP contribution in [0, 0.1) is 0 Å². The third kappa shape index (κ3) is 5.13. The number of ether oxygens (including phenoxy) is 2. The molecule has 0 fully saturated rings. The van der Waals surface area contributed by atoms with Gasteiger partial charge in [0.05, 0.1) is 0 Å². The van der Waals surface area contributed by atoms with Crippen molar-refractivity contribution in [3.8, 4) is 0 Å². The standard InChI is InChI=1S/C28H26O3P/c29-28(31-21-24-13-5-1-6-14-24)22-30-23-32(25-15-7-2-8-16-25,26-17-9-3-10-18-26)27-19-11-4-12-20-27/h1-20H,21-23H2/q+1. The van der Waals surface area contributed by atoms with Crippen LogP contribution in [-0.4, -0.2) is 18.9 Å². The Hall–Kier alpha value is -3.26. The fourth-order valence-corrected chi connectivity index (χ4v) is 7.51. The van der Waals surface area contributed by atoms with E-state index in [2.05, 4.69) is 72.8 Å². The molecule has 0 spiro atoms. The van der Waals surface area contributed by atoms with E-state index in [1.807, 2.05) is 48.5 Å². The lowest BCUT2D eigenvalue weighted by Gasteiger charge is -2.27. The minimum atomic E-state index is -2.12. The van der Waals surface area contributed by atoms with Crippen molar-refractivity contribution in [1.29, 1.82) is 0 Å². The summed E-state index contributed by atoms with van der Waals surface area (Å²) in [4.78, 5) is 12.4. The second kappa shape index (κ2) is 10.9. The normalized spacial score (nSPS) is 11.1. The molecule has 0 aliphatic heterocycles. The Morgan fingerprint density at radius 1 is 0.594 bits per heavy atom. The summed E-state index contributed by atoms with van der Waals surface area (Å²) in [7, 11) is -2.12. The summed E-state index contributed by atoms with van der Waals surface area (Å²) in [6.45, 7) is 0.167. The first-order valence-corrected chi connectivity index (χ1v) is 12.6. The Bertz CT molecular complexity index is 1000. The van der Waals surface area contributed by atoms with E-state index in [1.54, 1.807) is 0 Å². The van der Waals surface area contributed by atoms with Crippen LogP contribution < -0.4 is 15.9 Å². The zero-order valence-corrected chi connectivity index (χ0v) is 18.7. The van der Waals surface area contributed by atoms with Crippen LogP contribution >= 0.6 is 7.26 Å². The van der Waals surface area contributed by atoms with Gasteiger partial charge in [-0.2, -0.15) is 0 Å². The predicted molar refractivity (Wildman–Crippen MR) is 132 cm³/mol. The Kier molecular flexibility index (Phi) is 7.45. The van der Waals surface area contributed by atoms with Crippen molar-refractivity contribution in [2.75, 3.05) is 13.0 Å². The zero-order chi connectivity index (χ0) is 22.1. The lowest BCUT2D eigenvalue weighted by atomic mass is 10.2. The van der Waals surface area contributed by atoms with E-state index in [9.17, 15) is 4.79 Å². The first-order chi connectivity index (χ1) is 15.8. The third-order valence-corrected chi connectivity index (χ3v) is 9.45. The molecule has 0 saturated heterocycles. The molecular weight excluding hydrogens is 415 g/mol. The van der Waals surface area contributed by atoms with Gasteiger partial charge in [-0.05, 0) is 42.0 Å². The van der Waals surface area contributed by atoms with E-state index >= 15 is 0 Å². The summed E-state index contributed by atoms with van der Waals surface area (Å²) >= 11 is 0. The molecule has 0 atom stereocenters. The molecule has 4 heteroatoms. The molecule has 0 heterocycles. The Balaban J connectivity index is 1.58. The van der Waals surface area contributed by atoms with E-state index in [4.69, 9.17) is 9.47 Å². The van der Waals surface area contributed by atoms with Crippen molar-refractivity contribution < 1.29 is 14.3 Å². The number of carbonyl (C=O) groups excluding carboxylic acids is 1. The first kappa shape index (κ1) is 22.0. The smallest absolute Gasteiger partial charge is 0.332 e. The molecule has 0 bridgehead atoms. The summed E-state index contributed by atoms with van der Waals surface area (Å²) in [5, 5.41) is 3.65. The number of hydrogen-bond donors (Lipinski definition) is 0. The molecule has 0 saturated carbocycles. The molecule has 0 aromatic heterocycles. The molecule has 0 aliphatic rings. The van der Waals surface area contributed by atoms with E-state index in [-0.39, 0.29) is 19.2 Å². The van der Waals surface area contributed by atoms with Crippen molar-refractivity contribution >= 4 is 29.1 Å². The van der Waals surface area contributed by atoms with Crippen LogP contribution in [-0.2, 0) is 20.9 Å². The third-order valence-electron chi connectivity index (χ3n) is 5.34. The van der Waals surface area contributed by atoms with Crippen LogP contribution in [0.2, 0.25) is 0 Å². The lowest BCUT2D eigenvalue weighted by Crippen LogP contribution is -2.34. The summed E-state index contributed by atoms with van der Waals surface area (Å²) in [5.41, 5.74) is 0.959. The Morgan fingerprint density at radius 3 is 1.44 bits per heavy atom. The van der Waals surface area contributed by atoms with Crippen LogP contribution in [0.3, 0.4) is 0 Å². The maximum absolute atomic E-state index is 12.4. The van der Waals surface area contributed by atoms with Crippen molar-refractivity contribution in [3.05, 3.63) is 127 Å². The van der Waals surface area contributed by atoms with Gasteiger partial charge in [0.25, 0.3) is 0 Å². The number of esters is 1. The van der Waals surface area contributed by atoms with Crippen molar-refractivity contribution in [3.63, 3.8) is 0 Å². The quantitative estimate of drug-likeness (QED) is 0.279. The van der Waals surface area contributed by atoms with Crippen LogP contribution in [0.25, 0.3) is 0 Å². The molecule has 3 nitrogen and oxygen atoms in total. The van der Waals surface area contributed by atoms with E-state index in [1.165, 1.54) is 15.9 Å². The van der Waals surface area contributed by atoms with Crippen LogP contribution in [0.4, 0.5) is 0 Å². The highest BCUT2D eigenvalue weighted by atomic mass is 31.2. The molecule has 160 valence electrons. The van der Waals surface area contributed by atoms with Crippen molar-refractivity contribution in [2.45, 2.75) is 6.61 Å². The second-order valence-electron chi connectivity index (χ2n) is 7.44. The summed E-state index contributed by atoms with van der Waals surface area (Å²) in [6.07, 6.45) is 0.422. The molecule has 32 heavy (non-hydrogen) atoms. The van der Waals surface area contributed by atoms with Gasteiger partial charge in [-0.1, -0.05) is 84.9 Å². The van der Waals surface area contributed by atoms with E-state index in [0.717, 1.165) is 5.56 Å². The maximum Gasteiger partial charge on any atom is 0.332 e. The number of hydrogen-bond acceptors (Lipinski definition) is 3. The minimum absolute atomic E-state index is 0.0823. The van der Waals surface area contributed by atoms with Crippen LogP contribution in [0.5, 0.6) is 0 Å². The zero-order valence-electron chi connectivity index (χ0n) is 17.8. The molecule has 4 aromatic rings. The van der Waals surface area contributed by atoms with Crippen LogP contribution in [0.1, 0.15) is 5.56 Å². The minimum Gasteiger partial charge on any atom is -0.459 e. The fraction of sp³-hybridized carbons (Fsp3) is 0.107. The molecule has 0 unspecified atom stereocenters. The summed E-state index contributed by atoms with van der Waals surface area (Å²) in [5.74, 6) is -0.360. The molecule has 4 aromatic carbocycles. The van der Waals surface area contributed by atoms with Gasteiger partial charge in [0, 0.05) is 0 Å². The van der Waals surface area contributed by atoms with Crippen LogP contribution in [0.15, 0.2) is 121 Å². The first-order valence-electron chi connectivity index (χ1n) is 10.6. The van der Waals surface area contributed by atoms with Gasteiger partial charge in [0.2, 0.25) is 0 Å². The van der Waals surface area contributed by atoms with Crippen molar-refractivity contribution in [2.24, 2.45) is 0 Å². The maximum atomic E-state index is 12.4. The van der Waals surface area contributed by atoms with Gasteiger partial charge in [0.1, 0.15) is 36.4 Å². The highest BCUT2D eigenvalue weighted by Gasteiger charge is 2.45. The summed E-state index contributed by atoms with van der Waals surface area (Å²) in [6, 6.07) is 41.0. The van der Waals surface area contributed by atoms with Gasteiger partial charge in [-0.25, -0.2) is 4.79 Å². The van der Waals surface area contributed by atoms with Gasteiger partial charge in [0.15, 0.2) is 6.35 Å².